The molecule has 1 aliphatic heterocycles. The number of carbonyl (C=O) groups excluding carboxylic acids is 2. The Hall–Kier alpha value is -2.82. The van der Waals surface area contributed by atoms with Gasteiger partial charge in [0.25, 0.3) is 0 Å². The Kier molecular flexibility index (Phi) is 5.84. The van der Waals surface area contributed by atoms with Gasteiger partial charge in [0.15, 0.2) is 0 Å². The molecule has 0 unspecified atom stereocenters. The Morgan fingerprint density at radius 1 is 1.00 bits per heavy atom. The minimum absolute atomic E-state index is 0.0158. The molecule has 2 aromatic rings. The van der Waals surface area contributed by atoms with Crippen molar-refractivity contribution in [3.05, 3.63) is 54.1 Å². The van der Waals surface area contributed by atoms with E-state index in [0.717, 1.165) is 62.2 Å². The number of nitrogens with zero attached hydrogens (tertiary/aromatic N) is 1. The van der Waals surface area contributed by atoms with Crippen LogP contribution >= 0.6 is 0 Å². The maximum atomic E-state index is 13.2. The number of aryl methyl sites for hydroxylation is 1. The van der Waals surface area contributed by atoms with Crippen LogP contribution in [0.4, 0.5) is 11.4 Å². The number of benzene rings is 2. The fraction of sp³-hybridized carbons (Fsp3) is 0.417. The first kappa shape index (κ1) is 19.5. The van der Waals surface area contributed by atoms with Gasteiger partial charge in [0.05, 0.1) is 7.11 Å². The highest BCUT2D eigenvalue weighted by Crippen LogP contribution is 2.34. The molecule has 1 heterocycles. The summed E-state index contributed by atoms with van der Waals surface area (Å²) in [5.41, 5.74) is 3.08. The Morgan fingerprint density at radius 2 is 1.76 bits per heavy atom. The molecule has 2 amide bonds. The smallest absolute Gasteiger partial charge is 0.230 e. The zero-order valence-corrected chi connectivity index (χ0v) is 16.9. The lowest BCUT2D eigenvalue weighted by Crippen LogP contribution is -2.41. The van der Waals surface area contributed by atoms with Gasteiger partial charge in [-0.1, -0.05) is 24.3 Å². The van der Waals surface area contributed by atoms with E-state index in [-0.39, 0.29) is 23.7 Å². The maximum Gasteiger partial charge on any atom is 0.230 e. The van der Waals surface area contributed by atoms with Gasteiger partial charge in [-0.15, -0.1) is 0 Å². The Morgan fingerprint density at radius 3 is 2.55 bits per heavy atom. The third-order valence-electron chi connectivity index (χ3n) is 6.16. The van der Waals surface area contributed by atoms with Crippen molar-refractivity contribution in [1.82, 2.24) is 0 Å². The summed E-state index contributed by atoms with van der Waals surface area (Å²) in [4.78, 5) is 27.8. The number of fused-ring (bicyclic) bond motifs is 1. The van der Waals surface area contributed by atoms with Crippen molar-refractivity contribution in [3.8, 4) is 5.75 Å². The summed E-state index contributed by atoms with van der Waals surface area (Å²) in [5.74, 6) is 0.955. The summed E-state index contributed by atoms with van der Waals surface area (Å²) in [5, 5.41) is 2.99. The van der Waals surface area contributed by atoms with E-state index in [1.807, 2.05) is 41.3 Å². The van der Waals surface area contributed by atoms with Crippen LogP contribution < -0.4 is 15.0 Å². The quantitative estimate of drug-likeness (QED) is 0.838. The number of hydrogen-bond donors (Lipinski definition) is 1. The summed E-state index contributed by atoms with van der Waals surface area (Å²) in [6, 6.07) is 15.6. The molecule has 152 valence electrons. The average molecular weight is 392 g/mol. The molecule has 0 radical (unpaired) electrons. The van der Waals surface area contributed by atoms with E-state index in [9.17, 15) is 9.59 Å². The SMILES string of the molecule is COc1cccc(NC(=O)C2CCC(C(=O)N3CCCc4ccccc43)CC2)c1. The number of amides is 2. The monoisotopic (exact) mass is 392 g/mol. The van der Waals surface area contributed by atoms with E-state index in [4.69, 9.17) is 4.74 Å². The van der Waals surface area contributed by atoms with Crippen LogP contribution in [0.15, 0.2) is 48.5 Å². The molecular weight excluding hydrogens is 364 g/mol. The molecule has 1 fully saturated rings. The van der Waals surface area contributed by atoms with E-state index >= 15 is 0 Å². The molecule has 2 aliphatic rings. The van der Waals surface area contributed by atoms with Gasteiger partial charge in [-0.05, 0) is 62.3 Å². The first-order valence-corrected chi connectivity index (χ1v) is 10.5. The van der Waals surface area contributed by atoms with E-state index < -0.39 is 0 Å². The Balaban J connectivity index is 1.34. The molecule has 0 saturated heterocycles. The van der Waals surface area contributed by atoms with Crippen molar-refractivity contribution in [2.75, 3.05) is 23.9 Å². The normalized spacial score (nSPS) is 21.2. The minimum Gasteiger partial charge on any atom is -0.497 e. The van der Waals surface area contributed by atoms with E-state index in [2.05, 4.69) is 17.4 Å². The third kappa shape index (κ3) is 4.29. The topological polar surface area (TPSA) is 58.6 Å². The van der Waals surface area contributed by atoms with E-state index in [0.29, 0.717) is 0 Å². The van der Waals surface area contributed by atoms with Crippen LogP contribution in [-0.2, 0) is 16.0 Å². The fourth-order valence-electron chi connectivity index (χ4n) is 4.53. The number of nitrogens with one attached hydrogen (secondary N) is 1. The van der Waals surface area contributed by atoms with E-state index in [1.165, 1.54) is 5.56 Å². The molecule has 1 saturated carbocycles. The van der Waals surface area contributed by atoms with Crippen molar-refractivity contribution >= 4 is 23.2 Å². The maximum absolute atomic E-state index is 13.2. The van der Waals surface area contributed by atoms with Crippen LogP contribution in [0.1, 0.15) is 37.7 Å². The number of methoxy groups -OCH3 is 1. The number of rotatable bonds is 4. The van der Waals surface area contributed by atoms with E-state index in [1.54, 1.807) is 7.11 Å². The van der Waals surface area contributed by atoms with Crippen molar-refractivity contribution in [2.45, 2.75) is 38.5 Å². The van der Waals surface area contributed by atoms with Crippen molar-refractivity contribution in [1.29, 1.82) is 0 Å². The molecule has 0 spiro atoms. The number of ether oxygens (including phenoxy) is 1. The highest BCUT2D eigenvalue weighted by atomic mass is 16.5. The molecule has 5 heteroatoms. The summed E-state index contributed by atoms with van der Waals surface area (Å²) in [6.07, 6.45) is 5.10. The highest BCUT2D eigenvalue weighted by molar-refractivity contribution is 5.97. The first-order chi connectivity index (χ1) is 14.2. The lowest BCUT2D eigenvalue weighted by atomic mass is 9.80. The van der Waals surface area contributed by atoms with Gasteiger partial charge in [-0.2, -0.15) is 0 Å². The fourth-order valence-corrected chi connectivity index (χ4v) is 4.53. The van der Waals surface area contributed by atoms with Gasteiger partial charge in [0.2, 0.25) is 11.8 Å². The standard InChI is InChI=1S/C24H28N2O3/c1-29-21-9-4-8-20(16-21)25-23(27)18-11-13-19(14-12-18)24(28)26-15-5-7-17-6-2-3-10-22(17)26/h2-4,6,8-10,16,18-19H,5,7,11-15H2,1H3,(H,25,27). The van der Waals surface area contributed by atoms with Gasteiger partial charge in [-0.25, -0.2) is 0 Å². The molecule has 0 bridgehead atoms. The second-order valence-electron chi connectivity index (χ2n) is 7.99. The van der Waals surface area contributed by atoms with Crippen molar-refractivity contribution in [2.24, 2.45) is 11.8 Å². The molecule has 0 aromatic heterocycles. The number of anilines is 2. The van der Waals surface area contributed by atoms with Gasteiger partial charge in [0, 0.05) is 35.8 Å². The molecule has 2 aromatic carbocycles. The van der Waals surface area contributed by atoms with Gasteiger partial charge in [-0.3, -0.25) is 9.59 Å². The zero-order chi connectivity index (χ0) is 20.2. The predicted molar refractivity (Wildman–Crippen MR) is 114 cm³/mol. The molecule has 29 heavy (non-hydrogen) atoms. The number of para-hydroxylation sites is 1. The predicted octanol–water partition coefficient (Wildman–Crippen LogP) is 4.42. The lowest BCUT2D eigenvalue weighted by Gasteiger charge is -2.34. The Bertz CT molecular complexity index is 887. The molecule has 4 rings (SSSR count). The van der Waals surface area contributed by atoms with Gasteiger partial charge in [0.1, 0.15) is 5.75 Å². The second kappa shape index (κ2) is 8.68. The van der Waals surface area contributed by atoms with Crippen LogP contribution in [0.2, 0.25) is 0 Å². The van der Waals surface area contributed by atoms with Crippen LogP contribution in [-0.4, -0.2) is 25.5 Å². The first-order valence-electron chi connectivity index (χ1n) is 10.5. The summed E-state index contributed by atoms with van der Waals surface area (Å²) in [6.45, 7) is 0.798. The number of hydrogen-bond acceptors (Lipinski definition) is 3. The Labute approximate surface area is 172 Å². The summed E-state index contributed by atoms with van der Waals surface area (Å²) >= 11 is 0. The van der Waals surface area contributed by atoms with Crippen LogP contribution in [0, 0.1) is 11.8 Å². The third-order valence-corrected chi connectivity index (χ3v) is 6.16. The second-order valence-corrected chi connectivity index (χ2v) is 7.99. The highest BCUT2D eigenvalue weighted by Gasteiger charge is 2.33. The summed E-state index contributed by atoms with van der Waals surface area (Å²) < 4.78 is 5.21. The molecular formula is C24H28N2O3. The van der Waals surface area contributed by atoms with Crippen LogP contribution in [0.25, 0.3) is 0 Å². The van der Waals surface area contributed by atoms with Crippen LogP contribution in [0.3, 0.4) is 0 Å². The molecule has 1 N–H and O–H groups in total. The van der Waals surface area contributed by atoms with Crippen molar-refractivity contribution < 1.29 is 14.3 Å². The molecule has 1 aliphatic carbocycles. The number of carbonyl (C=O) groups is 2. The average Bonchev–Trinajstić information content (AvgIpc) is 2.78. The molecule has 5 nitrogen and oxygen atoms in total. The van der Waals surface area contributed by atoms with Gasteiger partial charge < -0.3 is 15.0 Å². The minimum atomic E-state index is -0.0427. The largest absolute Gasteiger partial charge is 0.497 e. The van der Waals surface area contributed by atoms with Gasteiger partial charge >= 0.3 is 0 Å². The zero-order valence-electron chi connectivity index (χ0n) is 16.9. The lowest BCUT2D eigenvalue weighted by molar-refractivity contribution is -0.126. The van der Waals surface area contributed by atoms with Crippen LogP contribution in [0.5, 0.6) is 5.75 Å². The van der Waals surface area contributed by atoms with Crippen molar-refractivity contribution in [3.63, 3.8) is 0 Å². The molecule has 0 atom stereocenters. The summed E-state index contributed by atoms with van der Waals surface area (Å²) in [7, 11) is 1.61.